The summed E-state index contributed by atoms with van der Waals surface area (Å²) >= 11 is 11.8. The lowest BCUT2D eigenvalue weighted by atomic mass is 9.89. The van der Waals surface area contributed by atoms with E-state index in [1.807, 2.05) is 0 Å². The summed E-state index contributed by atoms with van der Waals surface area (Å²) in [5.74, 6) is 0.358. The SMILES string of the molecule is Fc1ccc(CNCC2CCC(Cl)CC2)cc1Cl. The maximum Gasteiger partial charge on any atom is 0.141 e. The van der Waals surface area contributed by atoms with Gasteiger partial charge in [-0.3, -0.25) is 0 Å². The molecule has 0 spiro atoms. The normalized spacial score (nSPS) is 24.2. The van der Waals surface area contributed by atoms with Gasteiger partial charge >= 0.3 is 0 Å². The second-order valence-corrected chi connectivity index (χ2v) is 6.02. The largest absolute Gasteiger partial charge is 0.312 e. The minimum atomic E-state index is -0.360. The molecule has 1 aromatic rings. The first kappa shape index (κ1) is 14.1. The van der Waals surface area contributed by atoms with Crippen LogP contribution in [0.2, 0.25) is 5.02 Å². The fourth-order valence-corrected chi connectivity index (χ4v) is 2.85. The zero-order valence-corrected chi connectivity index (χ0v) is 11.8. The molecule has 0 aromatic heterocycles. The minimum absolute atomic E-state index is 0.192. The second kappa shape index (κ2) is 6.74. The molecule has 0 bridgehead atoms. The third kappa shape index (κ3) is 4.11. The van der Waals surface area contributed by atoms with E-state index in [0.29, 0.717) is 5.38 Å². The maximum absolute atomic E-state index is 13.0. The van der Waals surface area contributed by atoms with Crippen LogP contribution >= 0.6 is 23.2 Å². The summed E-state index contributed by atoms with van der Waals surface area (Å²) < 4.78 is 13.0. The van der Waals surface area contributed by atoms with Gasteiger partial charge in [0.05, 0.1) is 5.02 Å². The van der Waals surface area contributed by atoms with Gasteiger partial charge in [-0.25, -0.2) is 4.39 Å². The van der Waals surface area contributed by atoms with Gasteiger partial charge in [0.15, 0.2) is 0 Å². The van der Waals surface area contributed by atoms with Crippen LogP contribution in [-0.4, -0.2) is 11.9 Å². The van der Waals surface area contributed by atoms with Crippen LogP contribution < -0.4 is 5.32 Å². The Hall–Kier alpha value is -0.310. The van der Waals surface area contributed by atoms with Crippen molar-refractivity contribution in [1.82, 2.24) is 5.32 Å². The van der Waals surface area contributed by atoms with Crippen molar-refractivity contribution >= 4 is 23.2 Å². The van der Waals surface area contributed by atoms with E-state index < -0.39 is 0 Å². The van der Waals surface area contributed by atoms with E-state index in [1.165, 1.54) is 18.9 Å². The number of nitrogens with one attached hydrogen (secondary N) is 1. The van der Waals surface area contributed by atoms with Crippen molar-refractivity contribution in [1.29, 1.82) is 0 Å². The van der Waals surface area contributed by atoms with Gasteiger partial charge in [-0.05, 0) is 55.8 Å². The van der Waals surface area contributed by atoms with E-state index in [2.05, 4.69) is 5.32 Å². The van der Waals surface area contributed by atoms with Crippen LogP contribution in [0, 0.1) is 11.7 Å². The lowest BCUT2D eigenvalue weighted by molar-refractivity contribution is 0.345. The Morgan fingerprint density at radius 1 is 1.22 bits per heavy atom. The maximum atomic E-state index is 13.0. The fraction of sp³-hybridized carbons (Fsp3) is 0.571. The van der Waals surface area contributed by atoms with Crippen molar-refractivity contribution in [2.75, 3.05) is 6.54 Å². The van der Waals surface area contributed by atoms with Gasteiger partial charge in [-0.1, -0.05) is 17.7 Å². The molecule has 18 heavy (non-hydrogen) atoms. The molecule has 0 amide bonds. The summed E-state index contributed by atoms with van der Waals surface area (Å²) in [7, 11) is 0. The summed E-state index contributed by atoms with van der Waals surface area (Å²) in [6.45, 7) is 1.74. The van der Waals surface area contributed by atoms with Gasteiger partial charge in [0.1, 0.15) is 5.82 Å². The monoisotopic (exact) mass is 289 g/mol. The first-order valence-electron chi connectivity index (χ1n) is 6.44. The number of hydrogen-bond acceptors (Lipinski definition) is 1. The first-order valence-corrected chi connectivity index (χ1v) is 7.25. The third-order valence-electron chi connectivity index (χ3n) is 3.52. The number of benzene rings is 1. The summed E-state index contributed by atoms with van der Waals surface area (Å²) in [6.07, 6.45) is 4.64. The van der Waals surface area contributed by atoms with Crippen LogP contribution in [0.25, 0.3) is 0 Å². The van der Waals surface area contributed by atoms with E-state index >= 15 is 0 Å². The topological polar surface area (TPSA) is 12.0 Å². The fourth-order valence-electron chi connectivity index (χ4n) is 2.40. The van der Waals surface area contributed by atoms with Gasteiger partial charge in [0, 0.05) is 11.9 Å². The molecular weight excluding hydrogens is 272 g/mol. The average molecular weight is 290 g/mol. The van der Waals surface area contributed by atoms with Crippen molar-refractivity contribution in [2.24, 2.45) is 5.92 Å². The van der Waals surface area contributed by atoms with Crippen LogP contribution in [0.5, 0.6) is 0 Å². The Morgan fingerprint density at radius 3 is 2.61 bits per heavy atom. The molecule has 0 aliphatic heterocycles. The molecule has 1 nitrogen and oxygen atoms in total. The van der Waals surface area contributed by atoms with Crippen LogP contribution in [0.3, 0.4) is 0 Å². The number of rotatable bonds is 4. The lowest BCUT2D eigenvalue weighted by Gasteiger charge is -2.25. The Morgan fingerprint density at radius 2 is 1.94 bits per heavy atom. The lowest BCUT2D eigenvalue weighted by Crippen LogP contribution is -2.26. The van der Waals surface area contributed by atoms with Gasteiger partial charge in [0.2, 0.25) is 0 Å². The van der Waals surface area contributed by atoms with Gasteiger partial charge in [-0.2, -0.15) is 0 Å². The number of hydrogen-bond donors (Lipinski definition) is 1. The van der Waals surface area contributed by atoms with Crippen molar-refractivity contribution in [2.45, 2.75) is 37.6 Å². The third-order valence-corrected chi connectivity index (χ3v) is 4.25. The van der Waals surface area contributed by atoms with E-state index in [4.69, 9.17) is 23.2 Å². The van der Waals surface area contributed by atoms with Crippen LogP contribution in [0.1, 0.15) is 31.2 Å². The average Bonchev–Trinajstić information content (AvgIpc) is 2.36. The van der Waals surface area contributed by atoms with Crippen LogP contribution in [0.15, 0.2) is 18.2 Å². The van der Waals surface area contributed by atoms with Crippen molar-refractivity contribution in [3.05, 3.63) is 34.6 Å². The smallest absolute Gasteiger partial charge is 0.141 e. The van der Waals surface area contributed by atoms with Crippen LogP contribution in [-0.2, 0) is 6.54 Å². The highest BCUT2D eigenvalue weighted by Crippen LogP contribution is 2.27. The van der Waals surface area contributed by atoms with Crippen molar-refractivity contribution in [3.63, 3.8) is 0 Å². The van der Waals surface area contributed by atoms with Gasteiger partial charge < -0.3 is 5.32 Å². The molecule has 1 saturated carbocycles. The summed E-state index contributed by atoms with van der Waals surface area (Å²) in [5, 5.41) is 3.97. The standard InChI is InChI=1S/C14H18Cl2FN/c15-12-4-1-10(2-5-12)8-18-9-11-3-6-14(17)13(16)7-11/h3,6-7,10,12,18H,1-2,4-5,8-9H2. The van der Waals surface area contributed by atoms with Crippen LogP contribution in [0.4, 0.5) is 4.39 Å². The number of halogens is 3. The highest BCUT2D eigenvalue weighted by atomic mass is 35.5. The molecule has 0 atom stereocenters. The molecular formula is C14H18Cl2FN. The molecule has 1 fully saturated rings. The van der Waals surface area contributed by atoms with Gasteiger partial charge in [0.25, 0.3) is 0 Å². The Labute approximate surface area is 118 Å². The highest BCUT2D eigenvalue weighted by molar-refractivity contribution is 6.30. The Balaban J connectivity index is 1.73. The van der Waals surface area contributed by atoms with Crippen molar-refractivity contribution < 1.29 is 4.39 Å². The molecule has 0 radical (unpaired) electrons. The summed E-state index contributed by atoms with van der Waals surface area (Å²) in [6, 6.07) is 4.86. The van der Waals surface area contributed by atoms with E-state index in [9.17, 15) is 4.39 Å². The molecule has 100 valence electrons. The second-order valence-electron chi connectivity index (χ2n) is 5.00. The Kier molecular flexibility index (Phi) is 5.28. The predicted octanol–water partition coefficient (Wildman–Crippen LogP) is 4.37. The predicted molar refractivity (Wildman–Crippen MR) is 74.7 cm³/mol. The molecule has 0 unspecified atom stereocenters. The quantitative estimate of drug-likeness (QED) is 0.812. The van der Waals surface area contributed by atoms with Crippen molar-refractivity contribution in [3.8, 4) is 0 Å². The number of alkyl halides is 1. The highest BCUT2D eigenvalue weighted by Gasteiger charge is 2.18. The molecule has 1 aromatic carbocycles. The van der Waals surface area contributed by atoms with E-state index in [-0.39, 0.29) is 10.8 Å². The molecule has 1 N–H and O–H groups in total. The molecule has 0 saturated heterocycles. The molecule has 1 aliphatic carbocycles. The Bertz CT molecular complexity index is 389. The minimum Gasteiger partial charge on any atom is -0.312 e. The molecule has 1 aliphatic rings. The molecule has 4 heteroatoms. The molecule has 2 rings (SSSR count). The summed E-state index contributed by atoms with van der Waals surface area (Å²) in [5.41, 5.74) is 1.02. The zero-order valence-electron chi connectivity index (χ0n) is 10.3. The zero-order chi connectivity index (χ0) is 13.0. The molecule has 0 heterocycles. The summed E-state index contributed by atoms with van der Waals surface area (Å²) in [4.78, 5) is 0. The first-order chi connectivity index (χ1) is 8.65. The van der Waals surface area contributed by atoms with E-state index in [0.717, 1.165) is 37.4 Å². The van der Waals surface area contributed by atoms with E-state index in [1.54, 1.807) is 12.1 Å². The van der Waals surface area contributed by atoms with Gasteiger partial charge in [-0.15, -0.1) is 11.6 Å².